The molecular formula is C12H18O6S2. The number of hydrogen-bond donors (Lipinski definition) is 0. The van der Waals surface area contributed by atoms with Crippen LogP contribution in [0.3, 0.4) is 0 Å². The minimum absolute atomic E-state index is 0.158. The Hall–Kier alpha value is -0.180. The normalized spacial score (nSPS) is 52.3. The van der Waals surface area contributed by atoms with Crippen molar-refractivity contribution in [2.75, 3.05) is 12.5 Å². The Labute approximate surface area is 119 Å². The first-order valence-electron chi connectivity index (χ1n) is 6.92. The van der Waals surface area contributed by atoms with E-state index in [1.807, 2.05) is 0 Å². The molecule has 0 aromatic rings. The van der Waals surface area contributed by atoms with Crippen LogP contribution in [0.1, 0.15) is 12.8 Å². The third-order valence-electron chi connectivity index (χ3n) is 5.80. The zero-order chi connectivity index (χ0) is 14.4. The van der Waals surface area contributed by atoms with Gasteiger partial charge in [0, 0.05) is 0 Å². The molecule has 4 aliphatic rings. The summed E-state index contributed by atoms with van der Waals surface area (Å²) in [6.07, 6.45) is 3.57. The second kappa shape index (κ2) is 3.77. The van der Waals surface area contributed by atoms with Gasteiger partial charge in [-0.3, -0.25) is 8.37 Å². The predicted molar refractivity (Wildman–Crippen MR) is 69.6 cm³/mol. The first-order chi connectivity index (χ1) is 9.16. The van der Waals surface area contributed by atoms with Crippen LogP contribution in [-0.2, 0) is 28.6 Å². The van der Waals surface area contributed by atoms with E-state index in [2.05, 4.69) is 0 Å². The standard InChI is InChI=1S/C12H18O6S2/c1-19(13,14)17-11-7-3-6-8-4-5(7)10(9(6)11)12(8)18-20(2,15)16/h5-12H,3-4H2,1-2H3/t5-,6+,7-,8+,9-,10+,11-,12-/m0/s1. The molecule has 0 aromatic heterocycles. The van der Waals surface area contributed by atoms with Crippen molar-refractivity contribution >= 4 is 20.2 Å². The molecule has 0 radical (unpaired) electrons. The molecule has 0 N–H and O–H groups in total. The van der Waals surface area contributed by atoms with Crippen LogP contribution in [0.4, 0.5) is 0 Å². The molecule has 4 rings (SSSR count). The highest BCUT2D eigenvalue weighted by Crippen LogP contribution is 2.73. The molecule has 0 aromatic carbocycles. The van der Waals surface area contributed by atoms with Gasteiger partial charge in [-0.1, -0.05) is 0 Å². The zero-order valence-corrected chi connectivity index (χ0v) is 12.9. The smallest absolute Gasteiger partial charge is 0.264 e. The predicted octanol–water partition coefficient (Wildman–Crippen LogP) is 0.208. The van der Waals surface area contributed by atoms with Gasteiger partial charge in [0.25, 0.3) is 20.2 Å². The molecule has 0 heterocycles. The van der Waals surface area contributed by atoms with Gasteiger partial charge in [0.05, 0.1) is 24.7 Å². The van der Waals surface area contributed by atoms with E-state index in [0.29, 0.717) is 11.8 Å². The number of fused-ring (bicyclic) bond motifs is 4. The van der Waals surface area contributed by atoms with Crippen LogP contribution in [0, 0.1) is 35.5 Å². The molecule has 6 nitrogen and oxygen atoms in total. The maximum atomic E-state index is 11.4. The lowest BCUT2D eigenvalue weighted by Crippen LogP contribution is -2.28. The monoisotopic (exact) mass is 322 g/mol. The van der Waals surface area contributed by atoms with Gasteiger partial charge in [-0.05, 0) is 48.3 Å². The number of hydrogen-bond acceptors (Lipinski definition) is 6. The second-order valence-electron chi connectivity index (χ2n) is 6.81. The van der Waals surface area contributed by atoms with Gasteiger partial charge in [0.15, 0.2) is 0 Å². The third-order valence-corrected chi connectivity index (χ3v) is 6.94. The Balaban J connectivity index is 1.64. The molecule has 0 aliphatic heterocycles. The average molecular weight is 322 g/mol. The first kappa shape index (κ1) is 13.5. The molecular weight excluding hydrogens is 304 g/mol. The molecule has 4 saturated carbocycles. The maximum Gasteiger partial charge on any atom is 0.264 e. The molecule has 0 saturated heterocycles. The summed E-state index contributed by atoms with van der Waals surface area (Å²) in [5.74, 6) is 1.57. The Morgan fingerprint density at radius 1 is 0.700 bits per heavy atom. The van der Waals surface area contributed by atoms with Gasteiger partial charge < -0.3 is 0 Å². The lowest BCUT2D eigenvalue weighted by atomic mass is 9.71. The summed E-state index contributed by atoms with van der Waals surface area (Å²) in [5, 5.41) is 0. The van der Waals surface area contributed by atoms with Crippen molar-refractivity contribution in [1.82, 2.24) is 0 Å². The molecule has 8 heteroatoms. The van der Waals surface area contributed by atoms with Gasteiger partial charge in [-0.15, -0.1) is 0 Å². The second-order valence-corrected chi connectivity index (χ2v) is 10.0. The summed E-state index contributed by atoms with van der Waals surface area (Å²) in [6, 6.07) is 0. The molecule has 4 aliphatic carbocycles. The van der Waals surface area contributed by atoms with Crippen LogP contribution < -0.4 is 0 Å². The molecule has 0 amide bonds. The minimum atomic E-state index is -3.47. The fourth-order valence-corrected chi connectivity index (χ4v) is 7.06. The van der Waals surface area contributed by atoms with Gasteiger partial charge in [0.2, 0.25) is 0 Å². The van der Waals surface area contributed by atoms with Crippen molar-refractivity contribution in [3.63, 3.8) is 0 Å². The van der Waals surface area contributed by atoms with Gasteiger partial charge >= 0.3 is 0 Å². The summed E-state index contributed by atoms with van der Waals surface area (Å²) < 4.78 is 56.3. The van der Waals surface area contributed by atoms with E-state index in [1.54, 1.807) is 0 Å². The van der Waals surface area contributed by atoms with Crippen molar-refractivity contribution in [2.45, 2.75) is 25.0 Å². The van der Waals surface area contributed by atoms with E-state index in [4.69, 9.17) is 8.37 Å². The van der Waals surface area contributed by atoms with E-state index in [9.17, 15) is 16.8 Å². The molecule has 114 valence electrons. The lowest BCUT2D eigenvalue weighted by Gasteiger charge is -2.32. The third kappa shape index (κ3) is 1.74. The topological polar surface area (TPSA) is 86.7 Å². The quantitative estimate of drug-likeness (QED) is 0.688. The van der Waals surface area contributed by atoms with Crippen LogP contribution in [0.15, 0.2) is 0 Å². The highest BCUT2D eigenvalue weighted by Gasteiger charge is 2.74. The van der Waals surface area contributed by atoms with E-state index in [-0.39, 0.29) is 35.9 Å². The Kier molecular flexibility index (Phi) is 2.54. The fourth-order valence-electron chi connectivity index (χ4n) is 5.71. The van der Waals surface area contributed by atoms with Crippen molar-refractivity contribution in [2.24, 2.45) is 35.5 Å². The van der Waals surface area contributed by atoms with E-state index < -0.39 is 20.2 Å². The summed E-state index contributed by atoms with van der Waals surface area (Å²) in [4.78, 5) is 0. The van der Waals surface area contributed by atoms with Crippen molar-refractivity contribution in [3.8, 4) is 0 Å². The minimum Gasteiger partial charge on any atom is -0.266 e. The molecule has 0 unspecified atom stereocenters. The van der Waals surface area contributed by atoms with Crippen molar-refractivity contribution < 1.29 is 25.2 Å². The van der Waals surface area contributed by atoms with Gasteiger partial charge in [-0.25, -0.2) is 0 Å². The van der Waals surface area contributed by atoms with Crippen LogP contribution >= 0.6 is 0 Å². The van der Waals surface area contributed by atoms with E-state index in [1.165, 1.54) is 0 Å². The molecule has 4 bridgehead atoms. The van der Waals surface area contributed by atoms with E-state index >= 15 is 0 Å². The first-order valence-corrected chi connectivity index (χ1v) is 10.6. The Morgan fingerprint density at radius 3 is 1.35 bits per heavy atom. The van der Waals surface area contributed by atoms with Crippen molar-refractivity contribution in [1.29, 1.82) is 0 Å². The van der Waals surface area contributed by atoms with E-state index in [0.717, 1.165) is 25.4 Å². The highest BCUT2D eigenvalue weighted by atomic mass is 32.2. The van der Waals surface area contributed by atoms with Crippen LogP contribution in [0.2, 0.25) is 0 Å². The van der Waals surface area contributed by atoms with Crippen LogP contribution in [0.5, 0.6) is 0 Å². The summed E-state index contributed by atoms with van der Waals surface area (Å²) in [5.41, 5.74) is 0. The summed E-state index contributed by atoms with van der Waals surface area (Å²) in [6.45, 7) is 0. The van der Waals surface area contributed by atoms with Crippen molar-refractivity contribution in [3.05, 3.63) is 0 Å². The lowest BCUT2D eigenvalue weighted by molar-refractivity contribution is 0.129. The zero-order valence-electron chi connectivity index (χ0n) is 11.3. The fraction of sp³-hybridized carbons (Fsp3) is 1.00. The Bertz CT molecular complexity index is 595. The van der Waals surface area contributed by atoms with Gasteiger partial charge in [0.1, 0.15) is 0 Å². The molecule has 4 fully saturated rings. The Morgan fingerprint density at radius 2 is 1.05 bits per heavy atom. The number of rotatable bonds is 4. The van der Waals surface area contributed by atoms with Gasteiger partial charge in [-0.2, -0.15) is 16.8 Å². The van der Waals surface area contributed by atoms with Crippen LogP contribution in [0.25, 0.3) is 0 Å². The van der Waals surface area contributed by atoms with Crippen LogP contribution in [-0.4, -0.2) is 41.6 Å². The highest BCUT2D eigenvalue weighted by molar-refractivity contribution is 7.86. The molecule has 20 heavy (non-hydrogen) atoms. The summed E-state index contributed by atoms with van der Waals surface area (Å²) in [7, 11) is -6.94. The summed E-state index contributed by atoms with van der Waals surface area (Å²) >= 11 is 0. The maximum absolute atomic E-state index is 11.4. The SMILES string of the molecule is CS(=O)(=O)O[C@H]1[C@H]2C[C@@H]3[C@H]4C[C@@H]2[C@@H]([C@H]4OS(C)(=O)=O)[C@H]31. The molecule has 0 spiro atoms. The molecule has 8 atom stereocenters. The largest absolute Gasteiger partial charge is 0.266 e. The average Bonchev–Trinajstić information content (AvgIpc) is 2.89.